The van der Waals surface area contributed by atoms with Gasteiger partial charge in [-0.05, 0) is 39.1 Å². The van der Waals surface area contributed by atoms with Gasteiger partial charge in [0.1, 0.15) is 28.3 Å². The number of aryl methyl sites for hydroxylation is 1. The van der Waals surface area contributed by atoms with E-state index in [-0.39, 0.29) is 18.0 Å². The molecule has 1 amide bonds. The summed E-state index contributed by atoms with van der Waals surface area (Å²) in [7, 11) is 3.19. The topological polar surface area (TPSA) is 89.8 Å². The predicted octanol–water partition coefficient (Wildman–Crippen LogP) is 2.86. The van der Waals surface area contributed by atoms with E-state index < -0.39 is 0 Å². The van der Waals surface area contributed by atoms with Gasteiger partial charge in [-0.3, -0.25) is 19.1 Å². The third-order valence-electron chi connectivity index (χ3n) is 5.79. The van der Waals surface area contributed by atoms with Gasteiger partial charge in [0.05, 0.1) is 20.5 Å². The molecule has 0 spiro atoms. The van der Waals surface area contributed by atoms with Crippen LogP contribution in [0.2, 0.25) is 0 Å². The Labute approximate surface area is 197 Å². The fraction of sp³-hybridized carbons (Fsp3) is 0.478. The number of rotatable bonds is 10. The van der Waals surface area contributed by atoms with Gasteiger partial charge in [0, 0.05) is 24.3 Å². The minimum absolute atomic E-state index is 0.116. The monoisotopic (exact) mass is 473 g/mol. The highest BCUT2D eigenvalue weighted by Gasteiger charge is 2.24. The van der Waals surface area contributed by atoms with E-state index in [0.717, 1.165) is 17.8 Å². The second-order valence-electron chi connectivity index (χ2n) is 7.60. The molecule has 0 radical (unpaired) electrons. The maximum Gasteiger partial charge on any atom is 0.256 e. The van der Waals surface area contributed by atoms with E-state index in [0.29, 0.717) is 46.5 Å². The molecule has 0 N–H and O–H groups in total. The van der Waals surface area contributed by atoms with Gasteiger partial charge in [-0.15, -0.1) is 0 Å². The number of fused-ring (bicyclic) bond motifs is 1. The van der Waals surface area contributed by atoms with E-state index in [1.807, 2.05) is 6.07 Å². The molecule has 9 nitrogen and oxygen atoms in total. The average molecular weight is 474 g/mol. The molecule has 10 heteroatoms. The number of aromatic nitrogens is 3. The van der Waals surface area contributed by atoms with Crippen LogP contribution < -0.4 is 19.9 Å². The Morgan fingerprint density at radius 2 is 1.76 bits per heavy atom. The first-order valence-electron chi connectivity index (χ1n) is 10.9. The Balaban J connectivity index is 2.02. The molecule has 0 unspecified atom stereocenters. The number of benzene rings is 1. The number of likely N-dealkylation sites (N-methyl/N-ethyl adjacent to an activating group) is 1. The average Bonchev–Trinajstić information content (AvgIpc) is 3.26. The van der Waals surface area contributed by atoms with Crippen molar-refractivity contribution in [2.75, 3.05) is 45.3 Å². The van der Waals surface area contributed by atoms with Gasteiger partial charge in [-0.2, -0.15) is 0 Å². The molecule has 0 atom stereocenters. The van der Waals surface area contributed by atoms with Crippen molar-refractivity contribution in [2.45, 2.75) is 34.2 Å². The predicted molar refractivity (Wildman–Crippen MR) is 131 cm³/mol. The molecule has 1 aromatic carbocycles. The van der Waals surface area contributed by atoms with Crippen LogP contribution in [0.5, 0.6) is 11.5 Å². The van der Waals surface area contributed by atoms with Gasteiger partial charge in [-0.1, -0.05) is 25.2 Å². The zero-order chi connectivity index (χ0) is 24.1. The molecule has 2 heterocycles. The lowest BCUT2D eigenvalue weighted by molar-refractivity contribution is -0.119. The van der Waals surface area contributed by atoms with Crippen LogP contribution in [0.25, 0.3) is 10.2 Å². The van der Waals surface area contributed by atoms with Gasteiger partial charge in [0.15, 0.2) is 5.13 Å². The van der Waals surface area contributed by atoms with Crippen molar-refractivity contribution >= 4 is 32.6 Å². The fourth-order valence-electron chi connectivity index (χ4n) is 3.52. The highest BCUT2D eigenvalue weighted by atomic mass is 32.1. The zero-order valence-electron chi connectivity index (χ0n) is 20.0. The minimum atomic E-state index is -0.230. The van der Waals surface area contributed by atoms with Crippen LogP contribution in [0, 0.1) is 13.8 Å². The quantitative estimate of drug-likeness (QED) is 0.447. The van der Waals surface area contributed by atoms with Crippen molar-refractivity contribution < 1.29 is 14.3 Å². The molecule has 3 aromatic rings. The highest BCUT2D eigenvalue weighted by Crippen LogP contribution is 2.40. The van der Waals surface area contributed by atoms with Crippen LogP contribution >= 0.6 is 11.3 Å². The number of ether oxygens (including phenoxy) is 2. The molecule has 2 aromatic heterocycles. The first-order chi connectivity index (χ1) is 15.8. The number of carbonyl (C=O) groups is 1. The first kappa shape index (κ1) is 24.7. The van der Waals surface area contributed by atoms with Gasteiger partial charge in [0.25, 0.3) is 5.56 Å². The van der Waals surface area contributed by atoms with E-state index in [1.54, 1.807) is 39.0 Å². The molecular formula is C23H31N5O4S. The fourth-order valence-corrected chi connectivity index (χ4v) is 4.64. The summed E-state index contributed by atoms with van der Waals surface area (Å²) in [6.45, 7) is 10.4. The van der Waals surface area contributed by atoms with Gasteiger partial charge < -0.3 is 14.4 Å². The summed E-state index contributed by atoms with van der Waals surface area (Å²) >= 11 is 1.37. The lowest BCUT2D eigenvalue weighted by Crippen LogP contribution is -2.41. The molecule has 0 saturated heterocycles. The summed E-state index contributed by atoms with van der Waals surface area (Å²) in [6.07, 6.45) is 1.43. The number of thiazole rings is 1. The number of carbonyl (C=O) groups excluding carboxylic acids is 1. The zero-order valence-corrected chi connectivity index (χ0v) is 20.9. The molecular weight excluding hydrogens is 442 g/mol. The van der Waals surface area contributed by atoms with Crippen LogP contribution in [0.3, 0.4) is 0 Å². The first-order valence-corrected chi connectivity index (χ1v) is 11.7. The van der Waals surface area contributed by atoms with Crippen molar-refractivity contribution in [3.05, 3.63) is 40.1 Å². The Bertz CT molecular complexity index is 1140. The van der Waals surface area contributed by atoms with E-state index in [2.05, 4.69) is 23.7 Å². The summed E-state index contributed by atoms with van der Waals surface area (Å²) in [4.78, 5) is 39.0. The third-order valence-corrected chi connectivity index (χ3v) is 6.88. The Morgan fingerprint density at radius 3 is 2.39 bits per heavy atom. The lowest BCUT2D eigenvalue weighted by Gasteiger charge is -2.25. The van der Waals surface area contributed by atoms with Crippen LogP contribution in [0.15, 0.2) is 23.3 Å². The van der Waals surface area contributed by atoms with E-state index in [9.17, 15) is 9.59 Å². The molecule has 178 valence electrons. The SMILES string of the molecule is CCN(CC)CCN(C(=O)Cn1cnc(C)c(C)c1=O)c1nc2c(OC)ccc(OC)c2s1. The Morgan fingerprint density at radius 1 is 1.09 bits per heavy atom. The molecule has 3 rings (SSSR count). The minimum Gasteiger partial charge on any atom is -0.495 e. The molecule has 0 saturated carbocycles. The maximum atomic E-state index is 13.5. The Kier molecular flexibility index (Phi) is 8.04. The third kappa shape index (κ3) is 5.17. The smallest absolute Gasteiger partial charge is 0.256 e. The van der Waals surface area contributed by atoms with Crippen molar-refractivity contribution in [2.24, 2.45) is 0 Å². The standard InChI is InChI=1S/C23H31N5O4S/c1-7-26(8-2)11-12-28(19(29)13-27-14-24-16(4)15(3)22(27)30)23-25-20-17(31-5)9-10-18(32-6)21(20)33-23/h9-10,14H,7-8,11-13H2,1-6H3. The molecule has 33 heavy (non-hydrogen) atoms. The van der Waals surface area contributed by atoms with Gasteiger partial charge in [-0.25, -0.2) is 9.97 Å². The van der Waals surface area contributed by atoms with Crippen LogP contribution in [0.1, 0.15) is 25.1 Å². The van der Waals surface area contributed by atoms with Crippen molar-refractivity contribution in [1.82, 2.24) is 19.4 Å². The van der Waals surface area contributed by atoms with Gasteiger partial charge in [0.2, 0.25) is 5.91 Å². The second kappa shape index (κ2) is 10.8. The summed E-state index contributed by atoms with van der Waals surface area (Å²) in [5, 5.41) is 0.537. The van der Waals surface area contributed by atoms with Crippen molar-refractivity contribution in [3.63, 3.8) is 0 Å². The Hall–Kier alpha value is -2.98. The summed E-state index contributed by atoms with van der Waals surface area (Å²) in [5.41, 5.74) is 1.62. The number of amides is 1. The number of methoxy groups -OCH3 is 2. The largest absolute Gasteiger partial charge is 0.495 e. The lowest BCUT2D eigenvalue weighted by atomic mass is 10.3. The van der Waals surface area contributed by atoms with Crippen molar-refractivity contribution in [1.29, 1.82) is 0 Å². The van der Waals surface area contributed by atoms with Crippen LogP contribution in [0.4, 0.5) is 5.13 Å². The molecule has 0 aliphatic carbocycles. The number of anilines is 1. The van der Waals surface area contributed by atoms with Gasteiger partial charge >= 0.3 is 0 Å². The summed E-state index contributed by atoms with van der Waals surface area (Å²) in [6, 6.07) is 3.62. The van der Waals surface area contributed by atoms with E-state index >= 15 is 0 Å². The van der Waals surface area contributed by atoms with E-state index in [1.165, 1.54) is 22.2 Å². The van der Waals surface area contributed by atoms with Crippen molar-refractivity contribution in [3.8, 4) is 11.5 Å². The normalized spacial score (nSPS) is 11.2. The summed E-state index contributed by atoms with van der Waals surface area (Å²) < 4.78 is 13.1. The number of hydrogen-bond acceptors (Lipinski definition) is 8. The molecule has 0 aliphatic heterocycles. The van der Waals surface area contributed by atoms with Crippen LogP contribution in [-0.2, 0) is 11.3 Å². The molecule has 0 aliphatic rings. The molecule has 0 fully saturated rings. The van der Waals surface area contributed by atoms with E-state index in [4.69, 9.17) is 14.5 Å². The maximum absolute atomic E-state index is 13.5. The number of hydrogen-bond donors (Lipinski definition) is 0. The summed E-state index contributed by atoms with van der Waals surface area (Å²) in [5.74, 6) is 1.05. The second-order valence-corrected chi connectivity index (χ2v) is 8.58. The molecule has 0 bridgehead atoms. The number of nitrogens with zero attached hydrogens (tertiary/aromatic N) is 5. The van der Waals surface area contributed by atoms with Crippen LogP contribution in [-0.4, -0.2) is 65.7 Å². The highest BCUT2D eigenvalue weighted by molar-refractivity contribution is 7.22.